The summed E-state index contributed by atoms with van der Waals surface area (Å²) in [6.07, 6.45) is 0. The summed E-state index contributed by atoms with van der Waals surface area (Å²) in [5.41, 5.74) is 0.176. The molecular formula is C18H27BrN2O2. The van der Waals surface area contributed by atoms with Crippen LogP contribution in [0.1, 0.15) is 34.6 Å². The molecule has 0 spiro atoms. The number of nitrogens with zero attached hydrogens (tertiary/aromatic N) is 2. The van der Waals surface area contributed by atoms with E-state index in [4.69, 9.17) is 4.74 Å². The Morgan fingerprint density at radius 2 is 1.52 bits per heavy atom. The number of piperazine rings is 1. The molecular weight excluding hydrogens is 356 g/mol. The number of hydrogen-bond acceptors (Lipinski definition) is 4. The van der Waals surface area contributed by atoms with Crippen molar-refractivity contribution in [2.45, 2.75) is 45.8 Å². The smallest absolute Gasteiger partial charge is 0.326 e. The van der Waals surface area contributed by atoms with Crippen LogP contribution in [0.2, 0.25) is 0 Å². The Balaban J connectivity index is 1.97. The summed E-state index contributed by atoms with van der Waals surface area (Å²) in [5, 5.41) is 0. The van der Waals surface area contributed by atoms with Crippen LogP contribution >= 0.6 is 15.9 Å². The molecule has 23 heavy (non-hydrogen) atoms. The van der Waals surface area contributed by atoms with Crippen LogP contribution in [-0.4, -0.2) is 48.2 Å². The Hall–Kier alpha value is -1.07. The van der Waals surface area contributed by atoms with Gasteiger partial charge in [0.05, 0.1) is 0 Å². The molecule has 0 aliphatic carbocycles. The second-order valence-electron chi connectivity index (χ2n) is 7.51. The summed E-state index contributed by atoms with van der Waals surface area (Å²) in [4.78, 5) is 17.1. The zero-order valence-electron chi connectivity index (χ0n) is 14.7. The second kappa shape index (κ2) is 6.81. The Morgan fingerprint density at radius 3 is 2.00 bits per heavy atom. The second-order valence-corrected chi connectivity index (χ2v) is 8.43. The van der Waals surface area contributed by atoms with Gasteiger partial charge in [-0.3, -0.25) is 9.69 Å². The molecule has 2 rings (SSSR count). The van der Waals surface area contributed by atoms with Crippen LogP contribution in [0.3, 0.4) is 0 Å². The van der Waals surface area contributed by atoms with Gasteiger partial charge in [0.2, 0.25) is 0 Å². The third-order valence-electron chi connectivity index (χ3n) is 4.16. The summed E-state index contributed by atoms with van der Waals surface area (Å²) >= 11 is 3.47. The molecule has 0 saturated carbocycles. The minimum atomic E-state index is -0.598. The van der Waals surface area contributed by atoms with Crippen molar-refractivity contribution in [2.24, 2.45) is 0 Å². The number of anilines is 1. The van der Waals surface area contributed by atoms with Crippen molar-refractivity contribution in [1.29, 1.82) is 0 Å². The van der Waals surface area contributed by atoms with E-state index in [0.29, 0.717) is 0 Å². The highest BCUT2D eigenvalue weighted by molar-refractivity contribution is 9.10. The number of hydrogen-bond donors (Lipinski definition) is 0. The zero-order chi connectivity index (χ0) is 17.3. The number of rotatable bonds is 3. The number of ether oxygens (including phenoxy) is 1. The minimum Gasteiger partial charge on any atom is -0.459 e. The van der Waals surface area contributed by atoms with Crippen LogP contribution in [0.4, 0.5) is 5.69 Å². The molecule has 128 valence electrons. The van der Waals surface area contributed by atoms with E-state index >= 15 is 0 Å². The van der Waals surface area contributed by atoms with Gasteiger partial charge in [-0.15, -0.1) is 0 Å². The van der Waals surface area contributed by atoms with Gasteiger partial charge in [-0.25, -0.2) is 0 Å². The van der Waals surface area contributed by atoms with E-state index in [1.165, 1.54) is 5.69 Å². The molecule has 5 heteroatoms. The van der Waals surface area contributed by atoms with Crippen LogP contribution in [-0.2, 0) is 9.53 Å². The van der Waals surface area contributed by atoms with E-state index in [0.717, 1.165) is 30.7 Å². The van der Waals surface area contributed by atoms with Gasteiger partial charge in [0.15, 0.2) is 0 Å². The minimum absolute atomic E-state index is 0.151. The average molecular weight is 383 g/mol. The lowest BCUT2D eigenvalue weighted by Crippen LogP contribution is -2.59. The van der Waals surface area contributed by atoms with Gasteiger partial charge >= 0.3 is 5.97 Å². The molecule has 0 aromatic heterocycles. The molecule has 0 radical (unpaired) electrons. The molecule has 0 unspecified atom stereocenters. The fourth-order valence-electron chi connectivity index (χ4n) is 2.71. The van der Waals surface area contributed by atoms with Crippen molar-refractivity contribution in [3.05, 3.63) is 28.7 Å². The summed E-state index contributed by atoms with van der Waals surface area (Å²) in [7, 11) is 0. The standard InChI is InChI=1S/C18H27BrN2O2/c1-17(2,3)23-16(22)18(4,5)21-12-10-20(11-13-21)15-8-6-14(19)7-9-15/h6-9H,10-13H2,1-5H3. The van der Waals surface area contributed by atoms with Gasteiger partial charge < -0.3 is 9.64 Å². The molecule has 1 aliphatic rings. The van der Waals surface area contributed by atoms with Crippen molar-refractivity contribution in [2.75, 3.05) is 31.1 Å². The molecule has 1 aromatic carbocycles. The zero-order valence-corrected chi connectivity index (χ0v) is 16.3. The van der Waals surface area contributed by atoms with Crippen LogP contribution in [0.15, 0.2) is 28.7 Å². The molecule has 0 amide bonds. The van der Waals surface area contributed by atoms with E-state index in [9.17, 15) is 4.79 Å². The van der Waals surface area contributed by atoms with Crippen LogP contribution in [0.25, 0.3) is 0 Å². The van der Waals surface area contributed by atoms with Gasteiger partial charge in [-0.2, -0.15) is 0 Å². The summed E-state index contributed by atoms with van der Waals surface area (Å²) in [6.45, 7) is 13.2. The lowest BCUT2D eigenvalue weighted by atomic mass is 10.0. The fourth-order valence-corrected chi connectivity index (χ4v) is 2.97. The largest absolute Gasteiger partial charge is 0.459 e. The lowest BCUT2D eigenvalue weighted by molar-refractivity contribution is -0.168. The first kappa shape index (κ1) is 18.3. The topological polar surface area (TPSA) is 32.8 Å². The predicted octanol–water partition coefficient (Wildman–Crippen LogP) is 3.69. The molecule has 1 aromatic rings. The third kappa shape index (κ3) is 4.70. The Morgan fingerprint density at radius 1 is 1.00 bits per heavy atom. The maximum Gasteiger partial charge on any atom is 0.326 e. The molecule has 1 saturated heterocycles. The average Bonchev–Trinajstić information content (AvgIpc) is 2.46. The fraction of sp³-hybridized carbons (Fsp3) is 0.611. The maximum atomic E-state index is 12.5. The molecule has 0 bridgehead atoms. The van der Waals surface area contributed by atoms with E-state index in [2.05, 4.69) is 50.0 Å². The monoisotopic (exact) mass is 382 g/mol. The van der Waals surface area contributed by atoms with Gasteiger partial charge in [-0.1, -0.05) is 15.9 Å². The van der Waals surface area contributed by atoms with Crippen LogP contribution in [0.5, 0.6) is 0 Å². The number of carbonyl (C=O) groups is 1. The van der Waals surface area contributed by atoms with Gasteiger partial charge in [0.1, 0.15) is 11.1 Å². The van der Waals surface area contributed by atoms with Gasteiger partial charge in [-0.05, 0) is 58.9 Å². The van der Waals surface area contributed by atoms with Crippen molar-refractivity contribution < 1.29 is 9.53 Å². The van der Waals surface area contributed by atoms with Crippen molar-refractivity contribution in [3.63, 3.8) is 0 Å². The quantitative estimate of drug-likeness (QED) is 0.746. The third-order valence-corrected chi connectivity index (χ3v) is 4.69. The number of benzene rings is 1. The van der Waals surface area contributed by atoms with Crippen molar-refractivity contribution in [1.82, 2.24) is 4.90 Å². The first-order chi connectivity index (χ1) is 10.6. The van der Waals surface area contributed by atoms with Crippen LogP contribution in [0, 0.1) is 0 Å². The van der Waals surface area contributed by atoms with E-state index in [1.54, 1.807) is 0 Å². The highest BCUT2D eigenvalue weighted by atomic mass is 79.9. The number of esters is 1. The summed E-state index contributed by atoms with van der Waals surface area (Å²) in [5.74, 6) is -0.151. The van der Waals surface area contributed by atoms with Gasteiger partial charge in [0, 0.05) is 36.3 Å². The maximum absolute atomic E-state index is 12.5. The first-order valence-corrected chi connectivity index (χ1v) is 8.88. The molecule has 1 heterocycles. The predicted molar refractivity (Wildman–Crippen MR) is 97.9 cm³/mol. The Labute approximate surface area is 147 Å². The molecule has 1 aliphatic heterocycles. The summed E-state index contributed by atoms with van der Waals surface area (Å²) in [6, 6.07) is 8.37. The van der Waals surface area contributed by atoms with E-state index in [-0.39, 0.29) is 5.97 Å². The Kier molecular flexibility index (Phi) is 5.41. The molecule has 1 fully saturated rings. The van der Waals surface area contributed by atoms with E-state index < -0.39 is 11.1 Å². The number of halogens is 1. The molecule has 0 N–H and O–H groups in total. The van der Waals surface area contributed by atoms with Crippen molar-refractivity contribution in [3.8, 4) is 0 Å². The highest BCUT2D eigenvalue weighted by Gasteiger charge is 2.39. The van der Waals surface area contributed by atoms with Crippen LogP contribution < -0.4 is 4.90 Å². The molecule has 4 nitrogen and oxygen atoms in total. The van der Waals surface area contributed by atoms with E-state index in [1.807, 2.05) is 34.6 Å². The lowest BCUT2D eigenvalue weighted by Gasteiger charge is -2.43. The first-order valence-electron chi connectivity index (χ1n) is 8.08. The normalized spacial score (nSPS) is 17.2. The number of carbonyl (C=O) groups excluding carboxylic acids is 1. The highest BCUT2D eigenvalue weighted by Crippen LogP contribution is 2.25. The molecule has 0 atom stereocenters. The SMILES string of the molecule is CC(C)(C)OC(=O)C(C)(C)N1CCN(c2ccc(Br)cc2)CC1. The van der Waals surface area contributed by atoms with Gasteiger partial charge in [0.25, 0.3) is 0 Å². The summed E-state index contributed by atoms with van der Waals surface area (Å²) < 4.78 is 6.67. The Bertz CT molecular complexity index is 541. The van der Waals surface area contributed by atoms with Crippen molar-refractivity contribution >= 4 is 27.6 Å².